The number of nitrogens with zero attached hydrogens (tertiary/aromatic N) is 3. The third-order valence-electron chi connectivity index (χ3n) is 13.2. The number of nitrogens with one attached hydrogen (secondary N) is 7. The number of fused-ring (bicyclic) bond motifs is 2. The first-order valence-electron chi connectivity index (χ1n) is 23.6. The van der Waals surface area contributed by atoms with E-state index in [4.69, 9.17) is 5.41 Å². The van der Waals surface area contributed by atoms with Crippen molar-refractivity contribution in [3.05, 3.63) is 100 Å². The summed E-state index contributed by atoms with van der Waals surface area (Å²) in [5.41, 5.74) is -4.77. The van der Waals surface area contributed by atoms with Gasteiger partial charge in [-0.15, -0.1) is 0 Å². The maximum atomic E-state index is 16.0. The van der Waals surface area contributed by atoms with Crippen molar-refractivity contribution in [1.82, 2.24) is 42.0 Å². The number of methoxy groups -OCH3 is 2. The third-order valence-corrected chi connectivity index (χ3v) is 13.2. The van der Waals surface area contributed by atoms with E-state index in [1.54, 1.807) is 16.8 Å². The van der Waals surface area contributed by atoms with E-state index in [1.165, 1.54) is 24.3 Å². The Morgan fingerprint density at radius 3 is 1.83 bits per heavy atom. The number of hydrazine groups is 1. The molecule has 27 heteroatoms. The molecule has 1 aromatic heterocycles. The molecule has 2 aliphatic heterocycles. The van der Waals surface area contributed by atoms with Crippen LogP contribution in [0.1, 0.15) is 68.4 Å². The number of carbonyl (C=O) groups is 4. The number of benzene rings is 2. The van der Waals surface area contributed by atoms with E-state index in [9.17, 15) is 59.4 Å². The van der Waals surface area contributed by atoms with Crippen LogP contribution in [0.25, 0.3) is 5.57 Å². The van der Waals surface area contributed by atoms with Crippen LogP contribution in [0.5, 0.6) is 0 Å². The average molecular weight is 1100 g/mol. The van der Waals surface area contributed by atoms with E-state index in [2.05, 4.69) is 41.8 Å². The van der Waals surface area contributed by atoms with Gasteiger partial charge >= 0.3 is 31.1 Å². The summed E-state index contributed by atoms with van der Waals surface area (Å²) in [5, 5.41) is 31.0. The topological polar surface area (TPSA) is 222 Å². The minimum Gasteiger partial charge on any atom is -0.453 e. The van der Waals surface area contributed by atoms with Crippen LogP contribution in [-0.2, 0) is 32.0 Å². The Morgan fingerprint density at radius 1 is 0.831 bits per heavy atom. The highest BCUT2D eigenvalue weighted by molar-refractivity contribution is 6.08. The van der Waals surface area contributed by atoms with Crippen LogP contribution < -0.4 is 36.9 Å². The summed E-state index contributed by atoms with van der Waals surface area (Å²) in [6.07, 6.45) is -11.2. The molecule has 2 bridgehead atoms. The summed E-state index contributed by atoms with van der Waals surface area (Å²) in [4.78, 5) is 59.5. The van der Waals surface area contributed by atoms with Gasteiger partial charge in [-0.05, 0) is 94.5 Å². The van der Waals surface area contributed by atoms with Crippen molar-refractivity contribution in [2.45, 2.75) is 109 Å². The molecule has 6 atom stereocenters. The number of amides is 4. The lowest BCUT2D eigenvalue weighted by atomic mass is 9.82. The molecule has 2 fully saturated rings. The predicted octanol–water partition coefficient (Wildman–Crippen LogP) is 6.05. The van der Waals surface area contributed by atoms with E-state index >= 15 is 8.78 Å². The van der Waals surface area contributed by atoms with Crippen LogP contribution in [0.2, 0.25) is 0 Å². The van der Waals surface area contributed by atoms with Gasteiger partial charge in [-0.25, -0.2) is 28.4 Å². The van der Waals surface area contributed by atoms with Gasteiger partial charge in [0, 0.05) is 79.1 Å². The van der Waals surface area contributed by atoms with E-state index in [1.807, 2.05) is 22.9 Å². The number of ether oxygens (including phenoxy) is 2. The highest BCUT2D eigenvalue weighted by Gasteiger charge is 2.57. The van der Waals surface area contributed by atoms with Crippen LogP contribution in [0.4, 0.5) is 59.3 Å². The summed E-state index contributed by atoms with van der Waals surface area (Å²) in [6.45, 7) is -1.61. The van der Waals surface area contributed by atoms with Crippen molar-refractivity contribution < 1.29 is 77.7 Å². The van der Waals surface area contributed by atoms with E-state index in [0.717, 1.165) is 46.0 Å². The van der Waals surface area contributed by atoms with Gasteiger partial charge in [0.15, 0.2) is 0 Å². The maximum absolute atomic E-state index is 16.0. The van der Waals surface area contributed by atoms with Gasteiger partial charge in [-0.1, -0.05) is 24.0 Å². The highest BCUT2D eigenvalue weighted by Crippen LogP contribution is 2.42. The first-order valence-corrected chi connectivity index (χ1v) is 23.6. The number of rotatable bonds is 20. The summed E-state index contributed by atoms with van der Waals surface area (Å²) in [5.74, 6) is 0.567. The number of aliphatic hydroxyl groups is 1. The highest BCUT2D eigenvalue weighted by atomic mass is 19.4. The van der Waals surface area contributed by atoms with Crippen LogP contribution in [0.3, 0.4) is 0 Å². The van der Waals surface area contributed by atoms with Gasteiger partial charge in [0.2, 0.25) is 5.91 Å². The fraction of sp³-hybridized carbons (Fsp3) is 0.480. The molecule has 17 nitrogen and oxygen atoms in total. The minimum atomic E-state index is -5.24. The molecule has 3 aromatic rings. The number of aliphatic hydroxyl groups excluding tert-OH is 1. The molecular formula is C50H58F10N10O7. The molecule has 77 heavy (non-hydrogen) atoms. The fourth-order valence-corrected chi connectivity index (χ4v) is 8.33. The number of alkyl carbamates (subject to hydrolysis) is 2. The van der Waals surface area contributed by atoms with Crippen molar-refractivity contribution in [2.24, 2.45) is 10.8 Å². The van der Waals surface area contributed by atoms with Crippen molar-refractivity contribution in [1.29, 1.82) is 5.41 Å². The second kappa shape index (κ2) is 25.3. The molecule has 420 valence electrons. The standard InChI is InChI=1S/C50H58F10N10O7/c1-47(2,49(55,56)57)40(66-45(74)76-5)42(72)65-37(17-28-10-7-27(8-11-28)9-12-29-13-16-39(62-21-29)69-23-32-14-15-33(24-69)64-32)38(71)26-70(68-43(73)41(67-46(75)77-6)48(3,4)50(58,59)60)25-34-35(51)18-30(19-36(34)52)31(20-61)22-63-44(53)54/h7-8,10-11,13,16,18-22,32-33,37-38,40-41,44,61,63-64,71H,14-15,17,23-26H2,1-6H3,(H,65,72)(H,66,74)(H,67,75)(H,68,73)/b31-22+,61-20?/t32?,33?,37-,38-,40+,41+/m0/s1. The van der Waals surface area contributed by atoms with Crippen LogP contribution >= 0.6 is 0 Å². The maximum Gasteiger partial charge on any atom is 0.407 e. The van der Waals surface area contributed by atoms with Crippen molar-refractivity contribution in [3.63, 3.8) is 0 Å². The number of allylic oxidation sites excluding steroid dienone is 1. The van der Waals surface area contributed by atoms with E-state index in [-0.39, 0.29) is 5.56 Å². The van der Waals surface area contributed by atoms with Gasteiger partial charge in [-0.3, -0.25) is 15.0 Å². The van der Waals surface area contributed by atoms with Gasteiger partial charge in [-0.2, -0.15) is 35.1 Å². The molecule has 0 radical (unpaired) electrons. The SMILES string of the molecule is COC(=O)N[C@H](C(=O)N[C@@H](Cc1ccc(C#Cc2ccc(N3CC4CCC(C3)N4)nc2)cc1)[C@@H](O)CN(Cc1c(F)cc(/C(C=N)=C/NC(F)F)cc1F)NC(=O)[C@@H](NC(=O)OC)C(C)(C)C(F)(F)F)C(C)(C)C(F)(F)F. The quantitative estimate of drug-likeness (QED) is 0.0213. The lowest BCUT2D eigenvalue weighted by molar-refractivity contribution is -0.221. The Balaban J connectivity index is 1.53. The van der Waals surface area contributed by atoms with Gasteiger partial charge in [0.05, 0.1) is 37.2 Å². The first kappa shape index (κ1) is 60.7. The molecular weight excluding hydrogens is 1040 g/mol. The Morgan fingerprint density at radius 2 is 1.35 bits per heavy atom. The number of aromatic nitrogens is 1. The molecule has 2 aromatic carbocycles. The van der Waals surface area contributed by atoms with Crippen LogP contribution in [0.15, 0.2) is 60.9 Å². The molecule has 0 spiro atoms. The lowest BCUT2D eigenvalue weighted by Gasteiger charge is -2.38. The predicted molar refractivity (Wildman–Crippen MR) is 260 cm³/mol. The summed E-state index contributed by atoms with van der Waals surface area (Å²) in [7, 11) is 1.59. The molecule has 2 aliphatic rings. The number of hydrogen-bond acceptors (Lipinski definition) is 13. The van der Waals surface area contributed by atoms with Crippen LogP contribution in [-0.4, -0.2) is 134 Å². The van der Waals surface area contributed by atoms with Crippen molar-refractivity contribution in [3.8, 4) is 11.8 Å². The van der Waals surface area contributed by atoms with Gasteiger partial charge < -0.3 is 51.5 Å². The molecule has 5 rings (SSSR count). The zero-order valence-electron chi connectivity index (χ0n) is 42.4. The van der Waals surface area contributed by atoms with Crippen LogP contribution in [0, 0.1) is 39.7 Å². The minimum absolute atomic E-state index is 0.261. The lowest BCUT2D eigenvalue weighted by Crippen LogP contribution is -2.63. The summed E-state index contributed by atoms with van der Waals surface area (Å²) < 4.78 is 154. The largest absolute Gasteiger partial charge is 0.453 e. The third kappa shape index (κ3) is 15.7. The van der Waals surface area contributed by atoms with Crippen molar-refractivity contribution >= 4 is 41.6 Å². The number of anilines is 1. The smallest absolute Gasteiger partial charge is 0.407 e. The molecule has 2 unspecified atom stereocenters. The summed E-state index contributed by atoms with van der Waals surface area (Å²) in [6, 6.07) is 4.81. The number of piperazine rings is 1. The Hall–Kier alpha value is -7.18. The molecule has 8 N–H and O–H groups in total. The zero-order chi connectivity index (χ0) is 57.2. The van der Waals surface area contributed by atoms with Crippen molar-refractivity contribution in [2.75, 3.05) is 38.8 Å². The Labute approximate surface area is 436 Å². The molecule has 4 amide bonds. The molecule has 2 saturated heterocycles. The average Bonchev–Trinajstić information content (AvgIpc) is 3.70. The number of pyridine rings is 1. The first-order chi connectivity index (χ1) is 36.0. The van der Waals surface area contributed by atoms with Gasteiger partial charge in [0.1, 0.15) is 29.5 Å². The molecule has 0 aliphatic carbocycles. The fourth-order valence-electron chi connectivity index (χ4n) is 8.33. The number of alkyl halides is 8. The monoisotopic (exact) mass is 1100 g/mol. The van der Waals surface area contributed by atoms with Gasteiger partial charge in [0.25, 0.3) is 5.91 Å². The second-order valence-corrected chi connectivity index (χ2v) is 19.3. The Bertz CT molecular complexity index is 2640. The molecule has 3 heterocycles. The summed E-state index contributed by atoms with van der Waals surface area (Å²) >= 11 is 0. The second-order valence-electron chi connectivity index (χ2n) is 19.3. The zero-order valence-corrected chi connectivity index (χ0v) is 42.4. The normalized spacial score (nSPS) is 17.5. The number of carbonyl (C=O) groups excluding carboxylic acids is 4. The van der Waals surface area contributed by atoms with E-state index < -0.39 is 126 Å². The van der Waals surface area contributed by atoms with E-state index in [0.29, 0.717) is 80.5 Å². The number of hydrogen-bond donors (Lipinski definition) is 8. The number of halogens is 10. The molecule has 0 saturated carbocycles. The Kier molecular flexibility index (Phi) is 20.0.